The Labute approximate surface area is 144 Å². The van der Waals surface area contributed by atoms with E-state index in [9.17, 15) is 4.79 Å². The standard InChI is InChI=1S/C16H17ClN4OS/c1-10(20-9-14(22)19-8-7-18)16-21-15(11(2)23-16)12-3-5-13(17)6-4-12/h3-6,10,20H,8-9H2,1-2H3,(H,19,22)/t10-/m0/s1. The summed E-state index contributed by atoms with van der Waals surface area (Å²) in [5.41, 5.74) is 1.96. The quantitative estimate of drug-likeness (QED) is 0.786. The SMILES string of the molecule is Cc1sc([C@H](C)NCC(=O)NCC#N)nc1-c1ccc(Cl)cc1. The highest BCUT2D eigenvalue weighted by Crippen LogP contribution is 2.30. The molecule has 1 amide bonds. The summed E-state index contributed by atoms with van der Waals surface area (Å²) in [6.45, 7) is 4.16. The third-order valence-electron chi connectivity index (χ3n) is 3.23. The van der Waals surface area contributed by atoms with Gasteiger partial charge in [-0.25, -0.2) is 4.98 Å². The number of benzene rings is 1. The van der Waals surface area contributed by atoms with E-state index in [1.807, 2.05) is 44.2 Å². The monoisotopic (exact) mass is 348 g/mol. The highest BCUT2D eigenvalue weighted by molar-refractivity contribution is 7.12. The number of aryl methyl sites for hydroxylation is 1. The van der Waals surface area contributed by atoms with Crippen molar-refractivity contribution in [1.82, 2.24) is 15.6 Å². The molecule has 2 N–H and O–H groups in total. The number of nitrogens with zero attached hydrogens (tertiary/aromatic N) is 2. The van der Waals surface area contributed by atoms with Gasteiger partial charge in [0.15, 0.2) is 0 Å². The predicted octanol–water partition coefficient (Wildman–Crippen LogP) is 3.06. The van der Waals surface area contributed by atoms with E-state index >= 15 is 0 Å². The molecule has 7 heteroatoms. The van der Waals surface area contributed by atoms with Crippen molar-refractivity contribution in [3.63, 3.8) is 0 Å². The molecule has 1 heterocycles. The Balaban J connectivity index is 2.04. The topological polar surface area (TPSA) is 77.8 Å². The minimum atomic E-state index is -0.204. The highest BCUT2D eigenvalue weighted by atomic mass is 35.5. The number of halogens is 1. The number of rotatable bonds is 6. The molecule has 0 aliphatic carbocycles. The average Bonchev–Trinajstić information content (AvgIpc) is 2.93. The Morgan fingerprint density at radius 3 is 2.78 bits per heavy atom. The molecule has 2 aromatic rings. The molecule has 120 valence electrons. The Hall–Kier alpha value is -1.94. The highest BCUT2D eigenvalue weighted by Gasteiger charge is 2.15. The van der Waals surface area contributed by atoms with E-state index < -0.39 is 0 Å². The van der Waals surface area contributed by atoms with Gasteiger partial charge in [0.05, 0.1) is 24.3 Å². The van der Waals surface area contributed by atoms with E-state index in [4.69, 9.17) is 16.9 Å². The van der Waals surface area contributed by atoms with Crippen LogP contribution in [0.1, 0.15) is 22.9 Å². The molecule has 0 saturated carbocycles. The summed E-state index contributed by atoms with van der Waals surface area (Å²) in [5.74, 6) is -0.204. The minimum absolute atomic E-state index is 0.0198. The maximum atomic E-state index is 11.5. The van der Waals surface area contributed by atoms with E-state index in [2.05, 4.69) is 15.6 Å². The number of thiazole rings is 1. The second-order valence-corrected chi connectivity index (χ2v) is 6.67. The molecule has 2 rings (SSSR count). The minimum Gasteiger partial charge on any atom is -0.342 e. The number of nitriles is 1. The molecular formula is C16H17ClN4OS. The Kier molecular flexibility index (Phi) is 6.11. The maximum absolute atomic E-state index is 11.5. The first-order chi connectivity index (χ1) is 11.0. The number of aromatic nitrogens is 1. The molecule has 1 aromatic carbocycles. The van der Waals surface area contributed by atoms with Gasteiger partial charge in [-0.1, -0.05) is 23.7 Å². The molecule has 0 spiro atoms. The van der Waals surface area contributed by atoms with Gasteiger partial charge in [0.2, 0.25) is 5.91 Å². The third-order valence-corrected chi connectivity index (χ3v) is 4.64. The van der Waals surface area contributed by atoms with Crippen LogP contribution in [0.2, 0.25) is 5.02 Å². The first kappa shape index (κ1) is 17.4. The molecule has 0 aliphatic rings. The second kappa shape index (κ2) is 8.06. The molecule has 1 aromatic heterocycles. The lowest BCUT2D eigenvalue weighted by Crippen LogP contribution is -2.35. The van der Waals surface area contributed by atoms with Crippen LogP contribution in [-0.4, -0.2) is 24.0 Å². The Bertz CT molecular complexity index is 721. The van der Waals surface area contributed by atoms with Crippen molar-refractivity contribution in [3.8, 4) is 17.3 Å². The van der Waals surface area contributed by atoms with Gasteiger partial charge in [-0.2, -0.15) is 5.26 Å². The van der Waals surface area contributed by atoms with Crippen molar-refractivity contribution in [1.29, 1.82) is 5.26 Å². The van der Waals surface area contributed by atoms with Crippen molar-refractivity contribution < 1.29 is 4.79 Å². The maximum Gasteiger partial charge on any atom is 0.234 e. The fraction of sp³-hybridized carbons (Fsp3) is 0.312. The van der Waals surface area contributed by atoms with Crippen LogP contribution >= 0.6 is 22.9 Å². The van der Waals surface area contributed by atoms with Crippen LogP contribution in [0.3, 0.4) is 0 Å². The number of carbonyl (C=O) groups is 1. The van der Waals surface area contributed by atoms with Crippen molar-refractivity contribution in [2.24, 2.45) is 0 Å². The molecule has 0 saturated heterocycles. The normalized spacial score (nSPS) is 11.7. The molecule has 0 radical (unpaired) electrons. The summed E-state index contributed by atoms with van der Waals surface area (Å²) < 4.78 is 0. The van der Waals surface area contributed by atoms with Crippen LogP contribution in [0.15, 0.2) is 24.3 Å². The van der Waals surface area contributed by atoms with Crippen molar-refractivity contribution in [3.05, 3.63) is 39.2 Å². The molecule has 0 aliphatic heterocycles. The van der Waals surface area contributed by atoms with Crippen molar-refractivity contribution >= 4 is 28.8 Å². The second-order valence-electron chi connectivity index (χ2n) is 5.00. The molecule has 1 atom stereocenters. The van der Waals surface area contributed by atoms with E-state index in [-0.39, 0.29) is 25.0 Å². The van der Waals surface area contributed by atoms with Gasteiger partial charge in [-0.3, -0.25) is 10.1 Å². The molecular weight excluding hydrogens is 332 g/mol. The van der Waals surface area contributed by atoms with Gasteiger partial charge in [0.25, 0.3) is 0 Å². The lowest BCUT2D eigenvalue weighted by atomic mass is 10.1. The van der Waals surface area contributed by atoms with Crippen molar-refractivity contribution in [2.75, 3.05) is 13.1 Å². The molecule has 23 heavy (non-hydrogen) atoms. The van der Waals surface area contributed by atoms with E-state index in [0.717, 1.165) is 21.1 Å². The molecule has 0 fully saturated rings. The summed E-state index contributed by atoms with van der Waals surface area (Å²) in [6, 6.07) is 9.40. The zero-order valence-electron chi connectivity index (χ0n) is 12.9. The number of carbonyl (C=O) groups excluding carboxylic acids is 1. The van der Waals surface area contributed by atoms with Crippen molar-refractivity contribution in [2.45, 2.75) is 19.9 Å². The first-order valence-corrected chi connectivity index (χ1v) is 8.31. The van der Waals surface area contributed by atoms with Crippen LogP contribution in [0.4, 0.5) is 0 Å². The number of amides is 1. The van der Waals surface area contributed by atoms with Gasteiger partial charge in [-0.15, -0.1) is 11.3 Å². The van der Waals surface area contributed by atoms with Gasteiger partial charge >= 0.3 is 0 Å². The van der Waals surface area contributed by atoms with Gasteiger partial charge in [-0.05, 0) is 26.0 Å². The molecule has 0 bridgehead atoms. The smallest absolute Gasteiger partial charge is 0.234 e. The van der Waals surface area contributed by atoms with E-state index in [1.54, 1.807) is 11.3 Å². The first-order valence-electron chi connectivity index (χ1n) is 7.11. The van der Waals surface area contributed by atoms with E-state index in [1.165, 1.54) is 0 Å². The summed E-state index contributed by atoms with van der Waals surface area (Å²) in [7, 11) is 0. The summed E-state index contributed by atoms with van der Waals surface area (Å²) >= 11 is 7.52. The van der Waals surface area contributed by atoms with Gasteiger partial charge in [0.1, 0.15) is 11.6 Å². The fourth-order valence-electron chi connectivity index (χ4n) is 2.01. The van der Waals surface area contributed by atoms with Crippen LogP contribution in [0.25, 0.3) is 11.3 Å². The fourth-order valence-corrected chi connectivity index (χ4v) is 3.11. The number of nitrogens with one attached hydrogen (secondary N) is 2. The zero-order valence-corrected chi connectivity index (χ0v) is 14.5. The summed E-state index contributed by atoms with van der Waals surface area (Å²) in [5, 5.41) is 15.6. The lowest BCUT2D eigenvalue weighted by Gasteiger charge is -2.10. The van der Waals surface area contributed by atoms with E-state index in [0.29, 0.717) is 5.02 Å². The summed E-state index contributed by atoms with van der Waals surface area (Å²) in [4.78, 5) is 17.3. The Morgan fingerprint density at radius 2 is 2.13 bits per heavy atom. The molecule has 5 nitrogen and oxygen atoms in total. The van der Waals surface area contributed by atoms with Crippen LogP contribution < -0.4 is 10.6 Å². The lowest BCUT2D eigenvalue weighted by molar-refractivity contribution is -0.120. The predicted molar refractivity (Wildman–Crippen MR) is 92.3 cm³/mol. The number of hydrogen-bond acceptors (Lipinski definition) is 5. The number of hydrogen-bond donors (Lipinski definition) is 2. The van der Waals surface area contributed by atoms with Gasteiger partial charge in [0, 0.05) is 15.5 Å². The Morgan fingerprint density at radius 1 is 1.43 bits per heavy atom. The molecule has 0 unspecified atom stereocenters. The largest absolute Gasteiger partial charge is 0.342 e. The van der Waals surface area contributed by atoms with Gasteiger partial charge < -0.3 is 5.32 Å². The third kappa shape index (κ3) is 4.76. The van der Waals surface area contributed by atoms with Crippen LogP contribution in [-0.2, 0) is 4.79 Å². The zero-order chi connectivity index (χ0) is 16.8. The van der Waals surface area contributed by atoms with Crippen LogP contribution in [0, 0.1) is 18.3 Å². The summed E-state index contributed by atoms with van der Waals surface area (Å²) in [6.07, 6.45) is 0. The average molecular weight is 349 g/mol. The van der Waals surface area contributed by atoms with Crippen LogP contribution in [0.5, 0.6) is 0 Å².